The molecule has 7 nitrogen and oxygen atoms in total. The standard InChI is InChI=1S/C25H36N4O3/c1-5-26-25(27-17-20-8-6-19(2)7-9-20)28-18-22(29-12-14-32-15-13-29)21-10-11-23(30-3)24(16-21)31-4/h6-11,16,22H,5,12-15,17-18H2,1-4H3,(H2,26,27,28). The number of nitrogens with one attached hydrogen (secondary N) is 2. The summed E-state index contributed by atoms with van der Waals surface area (Å²) in [7, 11) is 3.33. The predicted molar refractivity (Wildman–Crippen MR) is 129 cm³/mol. The van der Waals surface area contributed by atoms with Gasteiger partial charge in [-0.25, -0.2) is 4.99 Å². The quantitative estimate of drug-likeness (QED) is 0.461. The van der Waals surface area contributed by atoms with E-state index in [1.165, 1.54) is 16.7 Å². The van der Waals surface area contributed by atoms with Gasteiger partial charge in [-0.3, -0.25) is 4.90 Å². The fourth-order valence-electron chi connectivity index (χ4n) is 3.81. The van der Waals surface area contributed by atoms with Crippen LogP contribution in [0.15, 0.2) is 47.5 Å². The summed E-state index contributed by atoms with van der Waals surface area (Å²) in [6, 6.07) is 14.8. The fourth-order valence-corrected chi connectivity index (χ4v) is 3.81. The Labute approximate surface area is 191 Å². The van der Waals surface area contributed by atoms with Crippen LogP contribution in [0.4, 0.5) is 0 Å². The smallest absolute Gasteiger partial charge is 0.191 e. The van der Waals surface area contributed by atoms with Crippen LogP contribution in [0, 0.1) is 6.92 Å². The van der Waals surface area contributed by atoms with Crippen LogP contribution >= 0.6 is 0 Å². The second-order valence-electron chi connectivity index (χ2n) is 7.84. The molecule has 2 aromatic rings. The summed E-state index contributed by atoms with van der Waals surface area (Å²) in [6.45, 7) is 9.59. The minimum absolute atomic E-state index is 0.155. The van der Waals surface area contributed by atoms with E-state index in [1.54, 1.807) is 14.2 Å². The second kappa shape index (κ2) is 12.3. The summed E-state index contributed by atoms with van der Waals surface area (Å²) in [6.07, 6.45) is 0. The number of aryl methyl sites for hydroxylation is 1. The lowest BCUT2D eigenvalue weighted by molar-refractivity contribution is 0.0169. The van der Waals surface area contributed by atoms with Crippen molar-refractivity contribution in [2.45, 2.75) is 26.4 Å². The number of hydrogen-bond donors (Lipinski definition) is 2. The van der Waals surface area contributed by atoms with Crippen molar-refractivity contribution in [3.8, 4) is 11.5 Å². The maximum absolute atomic E-state index is 5.58. The summed E-state index contributed by atoms with van der Waals surface area (Å²) >= 11 is 0. The molecule has 1 heterocycles. The summed E-state index contributed by atoms with van der Waals surface area (Å²) in [5.41, 5.74) is 3.62. The lowest BCUT2D eigenvalue weighted by Gasteiger charge is -2.35. The molecule has 1 aliphatic rings. The van der Waals surface area contributed by atoms with Crippen LogP contribution < -0.4 is 20.1 Å². The Morgan fingerprint density at radius 2 is 1.75 bits per heavy atom. The lowest BCUT2D eigenvalue weighted by Crippen LogP contribution is -2.46. The van der Waals surface area contributed by atoms with Gasteiger partial charge in [-0.1, -0.05) is 35.9 Å². The maximum atomic E-state index is 5.58. The molecular weight excluding hydrogens is 404 g/mol. The minimum Gasteiger partial charge on any atom is -0.493 e. The molecule has 174 valence electrons. The van der Waals surface area contributed by atoms with Crippen molar-refractivity contribution >= 4 is 5.96 Å². The average molecular weight is 441 g/mol. The molecular formula is C25H36N4O3. The van der Waals surface area contributed by atoms with Crippen molar-refractivity contribution in [3.05, 3.63) is 59.2 Å². The number of morpholine rings is 1. The van der Waals surface area contributed by atoms with Crippen molar-refractivity contribution in [1.29, 1.82) is 0 Å². The Hall–Kier alpha value is -2.77. The zero-order chi connectivity index (χ0) is 22.8. The Morgan fingerprint density at radius 1 is 1.03 bits per heavy atom. The van der Waals surface area contributed by atoms with Gasteiger partial charge in [0.15, 0.2) is 17.5 Å². The number of nitrogens with zero attached hydrogens (tertiary/aromatic N) is 2. The molecule has 7 heteroatoms. The Morgan fingerprint density at radius 3 is 2.41 bits per heavy atom. The van der Waals surface area contributed by atoms with Gasteiger partial charge in [-0.05, 0) is 37.1 Å². The number of rotatable bonds is 9. The van der Waals surface area contributed by atoms with Gasteiger partial charge in [0.05, 0.1) is 40.0 Å². The molecule has 1 unspecified atom stereocenters. The molecule has 1 saturated heterocycles. The molecule has 0 spiro atoms. The second-order valence-corrected chi connectivity index (χ2v) is 7.84. The van der Waals surface area contributed by atoms with Crippen molar-refractivity contribution in [2.75, 3.05) is 53.6 Å². The Kier molecular flexibility index (Phi) is 9.19. The van der Waals surface area contributed by atoms with Gasteiger partial charge >= 0.3 is 0 Å². The van der Waals surface area contributed by atoms with Gasteiger partial charge < -0.3 is 24.8 Å². The van der Waals surface area contributed by atoms with E-state index in [4.69, 9.17) is 19.2 Å². The molecule has 0 bridgehead atoms. The monoisotopic (exact) mass is 440 g/mol. The first-order valence-corrected chi connectivity index (χ1v) is 11.3. The molecule has 0 aliphatic carbocycles. The Balaban J connectivity index is 1.76. The molecule has 32 heavy (non-hydrogen) atoms. The highest BCUT2D eigenvalue weighted by Gasteiger charge is 2.24. The first kappa shape index (κ1) is 23.9. The van der Waals surface area contributed by atoms with Crippen LogP contribution in [0.1, 0.15) is 29.7 Å². The predicted octanol–water partition coefficient (Wildman–Crippen LogP) is 3.14. The highest BCUT2D eigenvalue weighted by molar-refractivity contribution is 5.79. The highest BCUT2D eigenvalue weighted by Crippen LogP contribution is 2.32. The van der Waals surface area contributed by atoms with Gasteiger partial charge in [-0.2, -0.15) is 0 Å². The molecule has 1 fully saturated rings. The molecule has 1 aliphatic heterocycles. The van der Waals surface area contributed by atoms with Gasteiger partial charge in [0.1, 0.15) is 0 Å². The number of aliphatic imine (C=N–C) groups is 1. The highest BCUT2D eigenvalue weighted by atomic mass is 16.5. The largest absolute Gasteiger partial charge is 0.493 e. The van der Waals surface area contributed by atoms with Crippen LogP contribution in [0.25, 0.3) is 0 Å². The number of benzene rings is 2. The zero-order valence-electron chi connectivity index (χ0n) is 19.7. The minimum atomic E-state index is 0.155. The van der Waals surface area contributed by atoms with E-state index in [9.17, 15) is 0 Å². The molecule has 2 aromatic carbocycles. The lowest BCUT2D eigenvalue weighted by atomic mass is 10.0. The van der Waals surface area contributed by atoms with E-state index in [-0.39, 0.29) is 6.04 Å². The van der Waals surface area contributed by atoms with E-state index < -0.39 is 0 Å². The molecule has 1 atom stereocenters. The normalized spacial score (nSPS) is 15.8. The summed E-state index contributed by atoms with van der Waals surface area (Å²) < 4.78 is 16.6. The van der Waals surface area contributed by atoms with Crippen LogP contribution in [0.2, 0.25) is 0 Å². The van der Waals surface area contributed by atoms with E-state index in [0.29, 0.717) is 6.54 Å². The first-order chi connectivity index (χ1) is 15.6. The van der Waals surface area contributed by atoms with Crippen LogP contribution in [0.3, 0.4) is 0 Å². The SMILES string of the molecule is CCNC(=NCc1ccc(C)cc1)NCC(c1ccc(OC)c(OC)c1)N1CCOCC1. The number of ether oxygens (including phenoxy) is 3. The molecule has 2 N–H and O–H groups in total. The van der Waals surface area contributed by atoms with E-state index in [0.717, 1.165) is 56.9 Å². The molecule has 0 saturated carbocycles. The number of methoxy groups -OCH3 is 2. The van der Waals surface area contributed by atoms with Crippen molar-refractivity contribution in [1.82, 2.24) is 15.5 Å². The van der Waals surface area contributed by atoms with Crippen LogP contribution in [0.5, 0.6) is 11.5 Å². The summed E-state index contributed by atoms with van der Waals surface area (Å²) in [4.78, 5) is 7.24. The van der Waals surface area contributed by atoms with Crippen molar-refractivity contribution in [3.63, 3.8) is 0 Å². The molecule has 0 aromatic heterocycles. The summed E-state index contributed by atoms with van der Waals surface area (Å²) in [5, 5.41) is 6.91. The third kappa shape index (κ3) is 6.61. The third-order valence-corrected chi connectivity index (χ3v) is 5.63. The van der Waals surface area contributed by atoms with Crippen molar-refractivity contribution in [2.24, 2.45) is 4.99 Å². The molecule has 0 amide bonds. The van der Waals surface area contributed by atoms with E-state index in [2.05, 4.69) is 65.8 Å². The summed E-state index contributed by atoms with van der Waals surface area (Å²) in [5.74, 6) is 2.29. The van der Waals surface area contributed by atoms with Crippen LogP contribution in [-0.4, -0.2) is 64.5 Å². The topological polar surface area (TPSA) is 67.4 Å². The average Bonchev–Trinajstić information content (AvgIpc) is 2.84. The first-order valence-electron chi connectivity index (χ1n) is 11.3. The number of guanidine groups is 1. The van der Waals surface area contributed by atoms with Gasteiger partial charge in [0.2, 0.25) is 0 Å². The van der Waals surface area contributed by atoms with Gasteiger partial charge in [-0.15, -0.1) is 0 Å². The molecule has 3 rings (SSSR count). The fraction of sp³-hybridized carbons (Fsp3) is 0.480. The van der Waals surface area contributed by atoms with Crippen molar-refractivity contribution < 1.29 is 14.2 Å². The van der Waals surface area contributed by atoms with Gasteiger partial charge in [0.25, 0.3) is 0 Å². The van der Waals surface area contributed by atoms with Crippen LogP contribution in [-0.2, 0) is 11.3 Å². The maximum Gasteiger partial charge on any atom is 0.191 e. The zero-order valence-corrected chi connectivity index (χ0v) is 19.7. The Bertz CT molecular complexity index is 864. The van der Waals surface area contributed by atoms with Gasteiger partial charge in [0, 0.05) is 26.2 Å². The third-order valence-electron chi connectivity index (χ3n) is 5.63. The molecule has 0 radical (unpaired) electrons. The van der Waals surface area contributed by atoms with E-state index >= 15 is 0 Å². The van der Waals surface area contributed by atoms with E-state index in [1.807, 2.05) is 6.07 Å². The number of hydrogen-bond acceptors (Lipinski definition) is 5.